The number of hydrogen-bond donors (Lipinski definition) is 2. The Bertz CT molecular complexity index is 293. The first-order valence-electron chi connectivity index (χ1n) is 4.99. The Balaban J connectivity index is 2.53. The second kappa shape index (κ2) is 6.58. The fourth-order valence-corrected chi connectivity index (χ4v) is 2.61. The molecule has 0 aromatic carbocycles. The van der Waals surface area contributed by atoms with E-state index in [0.717, 1.165) is 16.0 Å². The van der Waals surface area contributed by atoms with Crippen molar-refractivity contribution in [3.8, 4) is 0 Å². The molecule has 0 saturated heterocycles. The van der Waals surface area contributed by atoms with Crippen molar-refractivity contribution in [1.82, 2.24) is 5.43 Å². The van der Waals surface area contributed by atoms with Gasteiger partial charge in [-0.3, -0.25) is 5.84 Å². The van der Waals surface area contributed by atoms with E-state index in [9.17, 15) is 0 Å². The van der Waals surface area contributed by atoms with Gasteiger partial charge in [0.25, 0.3) is 0 Å². The van der Waals surface area contributed by atoms with E-state index in [2.05, 4.69) is 35.2 Å². The minimum absolute atomic E-state index is 0.0633. The first-order chi connectivity index (χ1) is 7.19. The first-order valence-corrected chi connectivity index (χ1v) is 6.83. The van der Waals surface area contributed by atoms with E-state index in [4.69, 9.17) is 10.3 Å². The van der Waals surface area contributed by atoms with Crippen LogP contribution in [0.15, 0.2) is 21.2 Å². The minimum atomic E-state index is 0.0633. The van der Waals surface area contributed by atoms with Crippen molar-refractivity contribution in [3.63, 3.8) is 0 Å². The van der Waals surface area contributed by atoms with E-state index in [0.29, 0.717) is 5.25 Å². The van der Waals surface area contributed by atoms with Crippen LogP contribution in [0.4, 0.5) is 0 Å². The minimum Gasteiger partial charge on any atom is -0.466 e. The number of nitrogens with one attached hydrogen (secondary N) is 1. The number of hydrogen-bond acceptors (Lipinski definition) is 4. The quantitative estimate of drug-likeness (QED) is 0.625. The smallest absolute Gasteiger partial charge is 0.137 e. The molecule has 15 heavy (non-hydrogen) atoms. The third-order valence-corrected chi connectivity index (χ3v) is 4.37. The summed E-state index contributed by atoms with van der Waals surface area (Å²) in [6.45, 7) is 4.40. The number of hydrazine groups is 1. The van der Waals surface area contributed by atoms with Crippen LogP contribution in [0.1, 0.15) is 32.1 Å². The zero-order chi connectivity index (χ0) is 11.3. The topological polar surface area (TPSA) is 51.2 Å². The van der Waals surface area contributed by atoms with E-state index in [1.54, 1.807) is 6.26 Å². The highest BCUT2D eigenvalue weighted by Crippen LogP contribution is 2.28. The van der Waals surface area contributed by atoms with Crippen molar-refractivity contribution in [2.45, 2.75) is 31.6 Å². The molecule has 1 aromatic heterocycles. The lowest BCUT2D eigenvalue weighted by atomic mass is 10.3. The van der Waals surface area contributed by atoms with Crippen LogP contribution >= 0.6 is 27.7 Å². The maximum atomic E-state index is 5.52. The highest BCUT2D eigenvalue weighted by molar-refractivity contribution is 9.10. The monoisotopic (exact) mass is 292 g/mol. The summed E-state index contributed by atoms with van der Waals surface area (Å²) in [5.74, 6) is 7.30. The summed E-state index contributed by atoms with van der Waals surface area (Å²) in [5.41, 5.74) is 2.78. The molecule has 0 radical (unpaired) electrons. The van der Waals surface area contributed by atoms with E-state index in [1.165, 1.54) is 6.42 Å². The second-order valence-electron chi connectivity index (χ2n) is 3.40. The van der Waals surface area contributed by atoms with Gasteiger partial charge in [0.05, 0.1) is 16.8 Å². The van der Waals surface area contributed by atoms with Crippen molar-refractivity contribution in [2.75, 3.05) is 5.75 Å². The van der Waals surface area contributed by atoms with E-state index >= 15 is 0 Å². The third kappa shape index (κ3) is 3.83. The standard InChI is InChI=1S/C10H17BrN2OS/c1-3-7(2)15-6-9(13-12)10-8(11)4-5-14-10/h4-5,7,9,13H,3,6,12H2,1-2H3. The molecule has 0 aliphatic rings. The zero-order valence-corrected chi connectivity index (χ0v) is 11.4. The van der Waals surface area contributed by atoms with Gasteiger partial charge in [0.15, 0.2) is 0 Å². The van der Waals surface area contributed by atoms with Gasteiger partial charge in [-0.05, 0) is 28.4 Å². The summed E-state index contributed by atoms with van der Waals surface area (Å²) >= 11 is 5.33. The number of nitrogens with two attached hydrogens (primary N) is 1. The largest absolute Gasteiger partial charge is 0.466 e. The van der Waals surface area contributed by atoms with Gasteiger partial charge in [-0.2, -0.15) is 11.8 Å². The van der Waals surface area contributed by atoms with Crippen molar-refractivity contribution in [1.29, 1.82) is 0 Å². The average molecular weight is 293 g/mol. The summed E-state index contributed by atoms with van der Waals surface area (Å²) in [6, 6.07) is 1.95. The number of thioether (sulfide) groups is 1. The van der Waals surface area contributed by atoms with Gasteiger partial charge < -0.3 is 4.42 Å². The van der Waals surface area contributed by atoms with Crippen LogP contribution in [0.5, 0.6) is 0 Å². The highest BCUT2D eigenvalue weighted by Gasteiger charge is 2.17. The van der Waals surface area contributed by atoms with Gasteiger partial charge in [-0.1, -0.05) is 13.8 Å². The van der Waals surface area contributed by atoms with Gasteiger partial charge in [0.1, 0.15) is 5.76 Å². The number of halogens is 1. The van der Waals surface area contributed by atoms with Crippen LogP contribution in [-0.4, -0.2) is 11.0 Å². The van der Waals surface area contributed by atoms with Crippen molar-refractivity contribution >= 4 is 27.7 Å². The molecule has 1 heterocycles. The fourth-order valence-electron chi connectivity index (χ4n) is 1.13. The molecule has 0 aliphatic heterocycles. The Labute approximate surface area is 103 Å². The molecule has 1 aromatic rings. The molecule has 3 nitrogen and oxygen atoms in total. The molecule has 3 N–H and O–H groups in total. The zero-order valence-electron chi connectivity index (χ0n) is 9.00. The lowest BCUT2D eigenvalue weighted by Gasteiger charge is -2.16. The Morgan fingerprint density at radius 1 is 1.67 bits per heavy atom. The van der Waals surface area contributed by atoms with Crippen LogP contribution < -0.4 is 11.3 Å². The predicted octanol–water partition coefficient (Wildman–Crippen LogP) is 3.08. The van der Waals surface area contributed by atoms with E-state index in [-0.39, 0.29) is 6.04 Å². The molecule has 5 heteroatoms. The molecular weight excluding hydrogens is 276 g/mol. The van der Waals surface area contributed by atoms with Gasteiger partial charge >= 0.3 is 0 Å². The maximum Gasteiger partial charge on any atom is 0.137 e. The number of furan rings is 1. The highest BCUT2D eigenvalue weighted by atomic mass is 79.9. The molecule has 0 fully saturated rings. The first kappa shape index (κ1) is 13.1. The molecule has 0 bridgehead atoms. The van der Waals surface area contributed by atoms with Gasteiger partial charge in [0.2, 0.25) is 0 Å². The molecule has 2 unspecified atom stereocenters. The molecule has 0 amide bonds. The van der Waals surface area contributed by atoms with Gasteiger partial charge in [-0.25, -0.2) is 5.43 Å². The summed E-state index contributed by atoms with van der Waals surface area (Å²) in [4.78, 5) is 0. The summed E-state index contributed by atoms with van der Waals surface area (Å²) in [7, 11) is 0. The van der Waals surface area contributed by atoms with E-state index < -0.39 is 0 Å². The Kier molecular flexibility index (Phi) is 5.74. The molecule has 0 aliphatic carbocycles. The molecule has 2 atom stereocenters. The van der Waals surface area contributed by atoms with Crippen LogP contribution in [0, 0.1) is 0 Å². The van der Waals surface area contributed by atoms with Crippen LogP contribution in [0.2, 0.25) is 0 Å². The molecular formula is C10H17BrN2OS. The predicted molar refractivity (Wildman–Crippen MR) is 68.7 cm³/mol. The Morgan fingerprint density at radius 2 is 2.40 bits per heavy atom. The summed E-state index contributed by atoms with van der Waals surface area (Å²) in [5, 5.41) is 0.648. The molecule has 1 rings (SSSR count). The normalized spacial score (nSPS) is 15.2. The third-order valence-electron chi connectivity index (χ3n) is 2.28. The van der Waals surface area contributed by atoms with Crippen LogP contribution in [-0.2, 0) is 0 Å². The number of rotatable bonds is 6. The molecule has 0 spiro atoms. The van der Waals surface area contributed by atoms with Crippen LogP contribution in [0.25, 0.3) is 0 Å². The van der Waals surface area contributed by atoms with Crippen molar-refractivity contribution in [2.24, 2.45) is 5.84 Å². The molecule has 0 saturated carbocycles. The van der Waals surface area contributed by atoms with E-state index in [1.807, 2.05) is 17.8 Å². The van der Waals surface area contributed by atoms with Crippen LogP contribution in [0.3, 0.4) is 0 Å². The van der Waals surface area contributed by atoms with Gasteiger partial charge in [-0.15, -0.1) is 0 Å². The van der Waals surface area contributed by atoms with Crippen molar-refractivity contribution < 1.29 is 4.42 Å². The second-order valence-corrected chi connectivity index (χ2v) is 5.73. The molecule has 86 valence electrons. The maximum absolute atomic E-state index is 5.52. The van der Waals surface area contributed by atoms with Gasteiger partial charge in [0, 0.05) is 11.0 Å². The summed E-state index contributed by atoms with van der Waals surface area (Å²) < 4.78 is 6.35. The lowest BCUT2D eigenvalue weighted by Crippen LogP contribution is -2.30. The SMILES string of the molecule is CCC(C)SCC(NN)c1occc1Br. The summed E-state index contributed by atoms with van der Waals surface area (Å²) in [6.07, 6.45) is 2.83. The Hall–Kier alpha value is 0.0300. The van der Waals surface area contributed by atoms with Crippen molar-refractivity contribution in [3.05, 3.63) is 22.6 Å². The fraction of sp³-hybridized carbons (Fsp3) is 0.600. The Morgan fingerprint density at radius 3 is 2.87 bits per heavy atom. The average Bonchev–Trinajstić information content (AvgIpc) is 2.65. The lowest BCUT2D eigenvalue weighted by molar-refractivity contribution is 0.438.